The zero-order chi connectivity index (χ0) is 14.3. The number of aryl methyl sites for hydroxylation is 1. The highest BCUT2D eigenvalue weighted by Gasteiger charge is 2.20. The fourth-order valence-electron chi connectivity index (χ4n) is 2.80. The van der Waals surface area contributed by atoms with E-state index in [2.05, 4.69) is 0 Å². The molecule has 0 fully saturated rings. The monoisotopic (exact) mass is 269 g/mol. The van der Waals surface area contributed by atoms with E-state index in [1.165, 1.54) is 6.07 Å². The van der Waals surface area contributed by atoms with E-state index in [9.17, 15) is 9.90 Å². The summed E-state index contributed by atoms with van der Waals surface area (Å²) < 4.78 is 0. The van der Waals surface area contributed by atoms with Crippen LogP contribution < -0.4 is 5.73 Å². The highest BCUT2D eigenvalue weighted by atomic mass is 16.4. The third-order valence-electron chi connectivity index (χ3n) is 3.83. The number of nitrogen functional groups attached to an aromatic ring is 1. The van der Waals surface area contributed by atoms with E-state index >= 15 is 0 Å². The van der Waals surface area contributed by atoms with Crippen molar-refractivity contribution < 1.29 is 15.0 Å². The second-order valence-electron chi connectivity index (χ2n) is 5.06. The van der Waals surface area contributed by atoms with Crippen LogP contribution in [0.25, 0.3) is 11.1 Å². The molecule has 0 amide bonds. The Hall–Kier alpha value is -2.49. The van der Waals surface area contributed by atoms with E-state index in [-0.39, 0.29) is 11.3 Å². The Morgan fingerprint density at radius 3 is 2.75 bits per heavy atom. The van der Waals surface area contributed by atoms with Gasteiger partial charge in [0, 0.05) is 5.56 Å². The van der Waals surface area contributed by atoms with Gasteiger partial charge in [-0.3, -0.25) is 0 Å². The fourth-order valence-corrected chi connectivity index (χ4v) is 2.80. The van der Waals surface area contributed by atoms with Gasteiger partial charge in [0.2, 0.25) is 0 Å². The first-order chi connectivity index (χ1) is 9.58. The molecule has 0 aromatic heterocycles. The second kappa shape index (κ2) is 4.56. The maximum absolute atomic E-state index is 11.0. The van der Waals surface area contributed by atoms with Crippen LogP contribution in [-0.2, 0) is 12.8 Å². The Morgan fingerprint density at radius 2 is 2.00 bits per heavy atom. The predicted molar refractivity (Wildman–Crippen MR) is 76.9 cm³/mol. The average molecular weight is 269 g/mol. The van der Waals surface area contributed by atoms with Crippen LogP contribution in [0.1, 0.15) is 27.9 Å². The molecule has 4 nitrogen and oxygen atoms in total. The van der Waals surface area contributed by atoms with Gasteiger partial charge in [0.15, 0.2) is 0 Å². The highest BCUT2D eigenvalue weighted by molar-refractivity contribution is 5.90. The van der Waals surface area contributed by atoms with Crippen molar-refractivity contribution in [2.45, 2.75) is 19.3 Å². The number of rotatable bonds is 2. The van der Waals surface area contributed by atoms with Gasteiger partial charge in [-0.15, -0.1) is 0 Å². The number of carbonyl (C=O) groups is 1. The highest BCUT2D eigenvalue weighted by Crippen LogP contribution is 2.41. The molecule has 0 atom stereocenters. The molecule has 3 rings (SSSR count). The number of nitrogens with two attached hydrogens (primary N) is 1. The number of anilines is 1. The van der Waals surface area contributed by atoms with Crippen molar-refractivity contribution in [1.29, 1.82) is 0 Å². The molecular formula is C16H15NO3. The molecule has 1 aliphatic carbocycles. The van der Waals surface area contributed by atoms with Crippen molar-refractivity contribution in [2.24, 2.45) is 0 Å². The van der Waals surface area contributed by atoms with Gasteiger partial charge in [-0.1, -0.05) is 12.1 Å². The molecule has 0 heterocycles. The first-order valence-corrected chi connectivity index (χ1v) is 6.55. The minimum atomic E-state index is -0.986. The molecule has 0 radical (unpaired) electrons. The third-order valence-corrected chi connectivity index (χ3v) is 3.83. The maximum Gasteiger partial charge on any atom is 0.335 e. The van der Waals surface area contributed by atoms with Crippen LogP contribution in [0.3, 0.4) is 0 Å². The Kier molecular flexibility index (Phi) is 2.86. The molecule has 0 bridgehead atoms. The average Bonchev–Trinajstić information content (AvgIpc) is 2.91. The molecule has 0 unspecified atom stereocenters. The lowest BCUT2D eigenvalue weighted by Crippen LogP contribution is -1.98. The molecule has 20 heavy (non-hydrogen) atoms. The molecule has 102 valence electrons. The van der Waals surface area contributed by atoms with Crippen molar-refractivity contribution in [3.05, 3.63) is 47.0 Å². The molecule has 2 aromatic rings. The van der Waals surface area contributed by atoms with E-state index < -0.39 is 5.97 Å². The number of hydrogen-bond acceptors (Lipinski definition) is 3. The number of fused-ring (bicyclic) bond motifs is 1. The van der Waals surface area contributed by atoms with Gasteiger partial charge in [0.25, 0.3) is 0 Å². The molecule has 0 spiro atoms. The summed E-state index contributed by atoms with van der Waals surface area (Å²) in [7, 11) is 0. The predicted octanol–water partition coefficient (Wildman–Crippen LogP) is 2.83. The number of aromatic hydroxyl groups is 1. The standard InChI is InChI=1S/C16H15NO3/c17-14-12-6-2-4-10(12)8-13(15(14)18)9-3-1-5-11(7-9)16(19)20/h1,3,5,7-8,18H,2,4,6,17H2,(H,19,20). The lowest BCUT2D eigenvalue weighted by Gasteiger charge is -2.12. The topological polar surface area (TPSA) is 83.5 Å². The number of benzene rings is 2. The van der Waals surface area contributed by atoms with Crippen molar-refractivity contribution in [3.63, 3.8) is 0 Å². The van der Waals surface area contributed by atoms with Crippen molar-refractivity contribution in [2.75, 3.05) is 5.73 Å². The lowest BCUT2D eigenvalue weighted by atomic mass is 9.96. The summed E-state index contributed by atoms with van der Waals surface area (Å²) in [5, 5.41) is 19.3. The SMILES string of the molecule is Nc1c(O)c(-c2cccc(C(=O)O)c2)cc2c1CCC2. The first kappa shape index (κ1) is 12.5. The molecule has 4 N–H and O–H groups in total. The largest absolute Gasteiger partial charge is 0.505 e. The minimum Gasteiger partial charge on any atom is -0.505 e. The van der Waals surface area contributed by atoms with Gasteiger partial charge in [0.1, 0.15) is 5.75 Å². The summed E-state index contributed by atoms with van der Waals surface area (Å²) in [6.45, 7) is 0. The zero-order valence-corrected chi connectivity index (χ0v) is 10.9. The maximum atomic E-state index is 11.0. The minimum absolute atomic E-state index is 0.0492. The van der Waals surface area contributed by atoms with Crippen LogP contribution in [0.15, 0.2) is 30.3 Å². The lowest BCUT2D eigenvalue weighted by molar-refractivity contribution is 0.0697. The van der Waals surface area contributed by atoms with Crippen LogP contribution >= 0.6 is 0 Å². The second-order valence-corrected chi connectivity index (χ2v) is 5.06. The molecular weight excluding hydrogens is 254 g/mol. The van der Waals surface area contributed by atoms with E-state index in [4.69, 9.17) is 10.8 Å². The van der Waals surface area contributed by atoms with E-state index in [0.717, 1.165) is 30.4 Å². The van der Waals surface area contributed by atoms with Crippen molar-refractivity contribution >= 4 is 11.7 Å². The summed E-state index contributed by atoms with van der Waals surface area (Å²) in [5.74, 6) is -0.936. The van der Waals surface area contributed by atoms with Crippen LogP contribution in [0.5, 0.6) is 5.75 Å². The van der Waals surface area contributed by atoms with E-state index in [0.29, 0.717) is 16.8 Å². The third kappa shape index (κ3) is 1.90. The first-order valence-electron chi connectivity index (χ1n) is 6.55. The van der Waals surface area contributed by atoms with Gasteiger partial charge < -0.3 is 15.9 Å². The van der Waals surface area contributed by atoms with Gasteiger partial charge in [-0.05, 0) is 54.2 Å². The van der Waals surface area contributed by atoms with Crippen LogP contribution in [-0.4, -0.2) is 16.2 Å². The fraction of sp³-hybridized carbons (Fsp3) is 0.188. The quantitative estimate of drug-likeness (QED) is 0.578. The van der Waals surface area contributed by atoms with E-state index in [1.54, 1.807) is 18.2 Å². The Bertz CT molecular complexity index is 707. The molecule has 1 aliphatic rings. The molecule has 0 saturated carbocycles. The molecule has 2 aromatic carbocycles. The van der Waals surface area contributed by atoms with Gasteiger partial charge >= 0.3 is 5.97 Å². The normalized spacial score (nSPS) is 13.2. The summed E-state index contributed by atoms with van der Waals surface area (Å²) in [4.78, 5) is 11.0. The van der Waals surface area contributed by atoms with E-state index in [1.807, 2.05) is 6.07 Å². The number of phenols is 1. The number of hydrogen-bond donors (Lipinski definition) is 3. The molecule has 0 aliphatic heterocycles. The summed E-state index contributed by atoms with van der Waals surface area (Å²) in [6, 6.07) is 8.46. The van der Waals surface area contributed by atoms with Crippen LogP contribution in [0.4, 0.5) is 5.69 Å². The Balaban J connectivity index is 2.18. The van der Waals surface area contributed by atoms with Gasteiger partial charge in [-0.2, -0.15) is 0 Å². The summed E-state index contributed by atoms with van der Waals surface area (Å²) >= 11 is 0. The van der Waals surface area contributed by atoms with Crippen molar-refractivity contribution in [1.82, 2.24) is 0 Å². The number of carboxylic acids is 1. The Morgan fingerprint density at radius 1 is 1.20 bits per heavy atom. The van der Waals surface area contributed by atoms with Crippen LogP contribution in [0.2, 0.25) is 0 Å². The number of aromatic carboxylic acids is 1. The molecule has 4 heteroatoms. The number of carboxylic acid groups (broad SMARTS) is 1. The van der Waals surface area contributed by atoms with Gasteiger partial charge in [0.05, 0.1) is 11.3 Å². The van der Waals surface area contributed by atoms with Crippen LogP contribution in [0, 0.1) is 0 Å². The summed E-state index contributed by atoms with van der Waals surface area (Å²) in [5.41, 5.74) is 10.1. The van der Waals surface area contributed by atoms with Gasteiger partial charge in [-0.25, -0.2) is 4.79 Å². The number of phenolic OH excluding ortho intramolecular Hbond substituents is 1. The Labute approximate surface area is 116 Å². The van der Waals surface area contributed by atoms with Crippen molar-refractivity contribution in [3.8, 4) is 16.9 Å². The summed E-state index contributed by atoms with van der Waals surface area (Å²) in [6.07, 6.45) is 2.88. The smallest absolute Gasteiger partial charge is 0.335 e. The zero-order valence-electron chi connectivity index (χ0n) is 10.9. The molecule has 0 saturated heterocycles.